The monoisotopic (exact) mass is 278 g/mol. The molecule has 19 heavy (non-hydrogen) atoms. The number of hydrogen-bond donors (Lipinski definition) is 0. The number of benzene rings is 1. The molecule has 0 amide bonds. The van der Waals surface area contributed by atoms with Crippen LogP contribution in [0, 0.1) is 11.8 Å². The van der Waals surface area contributed by atoms with Gasteiger partial charge in [-0.05, 0) is 66.2 Å². The van der Waals surface area contributed by atoms with E-state index in [4.69, 9.17) is 11.6 Å². The lowest BCUT2D eigenvalue weighted by molar-refractivity contribution is 0.487. The van der Waals surface area contributed by atoms with Gasteiger partial charge in [0, 0.05) is 0 Å². The second-order valence-corrected chi connectivity index (χ2v) is 6.46. The van der Waals surface area contributed by atoms with Crippen LogP contribution in [0.1, 0.15) is 68.2 Å². The molecule has 0 saturated heterocycles. The fourth-order valence-electron chi connectivity index (χ4n) is 3.12. The number of hydrogen-bond acceptors (Lipinski definition) is 0. The first-order chi connectivity index (χ1) is 9.12. The van der Waals surface area contributed by atoms with E-state index in [1.54, 1.807) is 0 Å². The van der Waals surface area contributed by atoms with E-state index < -0.39 is 0 Å². The molecular weight excluding hydrogens is 252 g/mol. The molecule has 2 rings (SSSR count). The normalized spacial score (nSPS) is 18.4. The van der Waals surface area contributed by atoms with E-state index in [0.717, 1.165) is 25.2 Å². The molecule has 1 fully saturated rings. The van der Waals surface area contributed by atoms with E-state index in [2.05, 4.69) is 39.8 Å². The molecule has 0 aromatic heterocycles. The molecule has 2 atom stereocenters. The second-order valence-electron chi connectivity index (χ2n) is 5.99. The molecule has 0 spiro atoms. The molecule has 1 heteroatoms. The Bertz CT molecular complexity index is 406. The van der Waals surface area contributed by atoms with Crippen molar-refractivity contribution in [1.29, 1.82) is 0 Å². The molecule has 1 aromatic rings. The summed E-state index contributed by atoms with van der Waals surface area (Å²) >= 11 is 6.86. The maximum absolute atomic E-state index is 6.86. The van der Waals surface area contributed by atoms with E-state index in [-0.39, 0.29) is 5.38 Å². The van der Waals surface area contributed by atoms with Crippen LogP contribution >= 0.6 is 11.6 Å². The highest BCUT2D eigenvalue weighted by molar-refractivity contribution is 6.21. The molecule has 106 valence electrons. The Morgan fingerprint density at radius 1 is 1.05 bits per heavy atom. The van der Waals surface area contributed by atoms with Crippen molar-refractivity contribution in [1.82, 2.24) is 0 Å². The molecule has 0 radical (unpaired) electrons. The zero-order valence-electron chi connectivity index (χ0n) is 12.8. The molecule has 1 aliphatic carbocycles. The Labute approximate surface area is 123 Å². The van der Waals surface area contributed by atoms with E-state index >= 15 is 0 Å². The minimum Gasteiger partial charge on any atom is -0.118 e. The lowest BCUT2D eigenvalue weighted by Crippen LogP contribution is -2.12. The Hall–Kier alpha value is -0.490. The van der Waals surface area contributed by atoms with Gasteiger partial charge in [-0.3, -0.25) is 0 Å². The van der Waals surface area contributed by atoms with Crippen molar-refractivity contribution in [2.24, 2.45) is 11.8 Å². The van der Waals surface area contributed by atoms with Gasteiger partial charge in [0.05, 0.1) is 5.38 Å². The smallest absolute Gasteiger partial charge is 0.0618 e. The van der Waals surface area contributed by atoms with Gasteiger partial charge in [0.1, 0.15) is 0 Å². The molecular formula is C18H27Cl. The quantitative estimate of drug-likeness (QED) is 0.586. The SMILES string of the molecule is CCc1cc(CC)c(C(Cl)C(C)C2CC2)c(CC)c1. The van der Waals surface area contributed by atoms with Gasteiger partial charge < -0.3 is 0 Å². The molecule has 0 aliphatic heterocycles. The van der Waals surface area contributed by atoms with Crippen molar-refractivity contribution in [2.45, 2.75) is 65.2 Å². The molecule has 2 unspecified atom stereocenters. The summed E-state index contributed by atoms with van der Waals surface area (Å²) in [6.45, 7) is 9.08. The summed E-state index contributed by atoms with van der Waals surface area (Å²) in [7, 11) is 0. The summed E-state index contributed by atoms with van der Waals surface area (Å²) in [5, 5.41) is 0.198. The summed E-state index contributed by atoms with van der Waals surface area (Å²) < 4.78 is 0. The topological polar surface area (TPSA) is 0 Å². The van der Waals surface area contributed by atoms with Gasteiger partial charge in [-0.2, -0.15) is 0 Å². The molecule has 0 heterocycles. The van der Waals surface area contributed by atoms with Crippen molar-refractivity contribution >= 4 is 11.6 Å². The first-order valence-electron chi connectivity index (χ1n) is 7.90. The van der Waals surface area contributed by atoms with Gasteiger partial charge in [0.25, 0.3) is 0 Å². The predicted molar refractivity (Wildman–Crippen MR) is 85.1 cm³/mol. The summed E-state index contributed by atoms with van der Waals surface area (Å²) in [5.74, 6) is 1.48. The summed E-state index contributed by atoms with van der Waals surface area (Å²) in [6.07, 6.45) is 6.06. The van der Waals surface area contributed by atoms with E-state index in [1.165, 1.54) is 35.1 Å². The molecule has 1 aromatic carbocycles. The van der Waals surface area contributed by atoms with Crippen molar-refractivity contribution in [3.05, 3.63) is 34.4 Å². The number of rotatable bonds is 6. The fraction of sp³-hybridized carbons (Fsp3) is 0.667. The highest BCUT2D eigenvalue weighted by Gasteiger charge is 2.34. The summed E-state index contributed by atoms with van der Waals surface area (Å²) in [4.78, 5) is 0. The lowest BCUT2D eigenvalue weighted by atomic mass is 9.86. The third-order valence-electron chi connectivity index (χ3n) is 4.68. The first-order valence-corrected chi connectivity index (χ1v) is 8.34. The first kappa shape index (κ1) is 14.9. The number of aryl methyl sites for hydroxylation is 3. The third-order valence-corrected chi connectivity index (χ3v) is 5.30. The van der Waals surface area contributed by atoms with E-state index in [0.29, 0.717) is 5.92 Å². The molecule has 0 N–H and O–H groups in total. The fourth-order valence-corrected chi connectivity index (χ4v) is 3.60. The minimum atomic E-state index is 0.198. The Morgan fingerprint density at radius 2 is 1.58 bits per heavy atom. The van der Waals surface area contributed by atoms with Crippen molar-refractivity contribution < 1.29 is 0 Å². The van der Waals surface area contributed by atoms with Crippen molar-refractivity contribution in [3.8, 4) is 0 Å². The van der Waals surface area contributed by atoms with Crippen molar-refractivity contribution in [3.63, 3.8) is 0 Å². The number of halogens is 1. The second kappa shape index (κ2) is 6.31. The highest BCUT2D eigenvalue weighted by Crippen LogP contribution is 2.47. The highest BCUT2D eigenvalue weighted by atomic mass is 35.5. The van der Waals surface area contributed by atoms with Crippen molar-refractivity contribution in [2.75, 3.05) is 0 Å². The molecule has 0 nitrogen and oxygen atoms in total. The zero-order chi connectivity index (χ0) is 14.0. The van der Waals surface area contributed by atoms with E-state index in [9.17, 15) is 0 Å². The maximum atomic E-state index is 6.86. The van der Waals surface area contributed by atoms with Crippen LogP contribution in [-0.4, -0.2) is 0 Å². The predicted octanol–water partition coefficient (Wildman–Crippen LogP) is 5.70. The third kappa shape index (κ3) is 3.16. The Balaban J connectivity index is 2.40. The number of alkyl halides is 1. The molecule has 0 bridgehead atoms. The Kier molecular flexibility index (Phi) is 4.95. The minimum absolute atomic E-state index is 0.198. The molecule has 1 aliphatic rings. The van der Waals surface area contributed by atoms with Crippen LogP contribution in [0.15, 0.2) is 12.1 Å². The van der Waals surface area contributed by atoms with Crippen LogP contribution in [-0.2, 0) is 19.3 Å². The van der Waals surface area contributed by atoms with Crippen LogP contribution in [0.5, 0.6) is 0 Å². The summed E-state index contributed by atoms with van der Waals surface area (Å²) in [5.41, 5.74) is 5.86. The van der Waals surface area contributed by atoms with Gasteiger partial charge in [-0.1, -0.05) is 39.8 Å². The average molecular weight is 279 g/mol. The lowest BCUT2D eigenvalue weighted by Gasteiger charge is -2.24. The largest absolute Gasteiger partial charge is 0.118 e. The van der Waals surface area contributed by atoms with Crippen LogP contribution in [0.3, 0.4) is 0 Å². The van der Waals surface area contributed by atoms with Crippen LogP contribution in [0.25, 0.3) is 0 Å². The maximum Gasteiger partial charge on any atom is 0.0618 e. The van der Waals surface area contributed by atoms with Gasteiger partial charge in [0.2, 0.25) is 0 Å². The van der Waals surface area contributed by atoms with Crippen LogP contribution in [0.4, 0.5) is 0 Å². The Morgan fingerprint density at radius 3 is 1.95 bits per heavy atom. The van der Waals surface area contributed by atoms with Gasteiger partial charge in [-0.25, -0.2) is 0 Å². The standard InChI is InChI=1S/C18H27Cl/c1-5-13-10-14(6-2)17(15(7-3)11-13)18(19)12(4)16-8-9-16/h10-12,16,18H,5-9H2,1-4H3. The average Bonchev–Trinajstić information content (AvgIpc) is 3.28. The van der Waals surface area contributed by atoms with Crippen LogP contribution in [0.2, 0.25) is 0 Å². The van der Waals surface area contributed by atoms with Gasteiger partial charge >= 0.3 is 0 Å². The van der Waals surface area contributed by atoms with Gasteiger partial charge in [-0.15, -0.1) is 11.6 Å². The van der Waals surface area contributed by atoms with Crippen LogP contribution < -0.4 is 0 Å². The van der Waals surface area contributed by atoms with E-state index in [1.807, 2.05) is 0 Å². The zero-order valence-corrected chi connectivity index (χ0v) is 13.6. The van der Waals surface area contributed by atoms with Gasteiger partial charge in [0.15, 0.2) is 0 Å². The molecule has 1 saturated carbocycles. The summed E-state index contributed by atoms with van der Waals surface area (Å²) in [6, 6.07) is 4.76.